The summed E-state index contributed by atoms with van der Waals surface area (Å²) in [5, 5.41) is 0. The molecule has 2 rings (SSSR count). The lowest BCUT2D eigenvalue weighted by molar-refractivity contribution is 0.523. The van der Waals surface area contributed by atoms with Gasteiger partial charge in [-0.2, -0.15) is 0 Å². The lowest BCUT2D eigenvalue weighted by Gasteiger charge is -2.32. The van der Waals surface area contributed by atoms with Crippen molar-refractivity contribution in [1.82, 2.24) is 4.98 Å². The fraction of sp³-hybridized carbons (Fsp3) is 0.706. The van der Waals surface area contributed by atoms with Gasteiger partial charge >= 0.3 is 0 Å². The molecule has 2 N–H and O–H groups in total. The molecule has 3 nitrogen and oxygen atoms in total. The van der Waals surface area contributed by atoms with E-state index < -0.39 is 0 Å². The quantitative estimate of drug-likeness (QED) is 0.829. The van der Waals surface area contributed by atoms with E-state index in [2.05, 4.69) is 24.8 Å². The molecular weight excluding hydrogens is 246 g/mol. The summed E-state index contributed by atoms with van der Waals surface area (Å²) in [5.74, 6) is 1.92. The van der Waals surface area contributed by atoms with Gasteiger partial charge < -0.3 is 10.6 Å². The largest absolute Gasteiger partial charge is 0.353 e. The Morgan fingerprint density at radius 1 is 1.35 bits per heavy atom. The topological polar surface area (TPSA) is 42.2 Å². The number of nitrogens with two attached hydrogens (primary N) is 1. The van der Waals surface area contributed by atoms with Crippen LogP contribution < -0.4 is 10.6 Å². The Balaban J connectivity index is 2.20. The van der Waals surface area contributed by atoms with E-state index in [4.69, 9.17) is 10.7 Å². The lowest BCUT2D eigenvalue weighted by atomic mass is 10.1. The number of anilines is 1. The maximum atomic E-state index is 5.76. The van der Waals surface area contributed by atoms with E-state index in [1.807, 2.05) is 12.3 Å². The van der Waals surface area contributed by atoms with Gasteiger partial charge in [0.25, 0.3) is 0 Å². The number of aromatic nitrogens is 1. The van der Waals surface area contributed by atoms with E-state index >= 15 is 0 Å². The second kappa shape index (κ2) is 7.63. The van der Waals surface area contributed by atoms with Crippen molar-refractivity contribution < 1.29 is 0 Å². The van der Waals surface area contributed by atoms with Crippen molar-refractivity contribution in [2.45, 2.75) is 58.4 Å². The summed E-state index contributed by atoms with van der Waals surface area (Å²) in [6, 6.07) is 4.90. The van der Waals surface area contributed by atoms with Crippen molar-refractivity contribution in [2.24, 2.45) is 11.7 Å². The molecule has 1 aliphatic rings. The molecule has 1 aromatic heterocycles. The highest BCUT2D eigenvalue weighted by Crippen LogP contribution is 2.29. The second-order valence-electron chi connectivity index (χ2n) is 6.34. The van der Waals surface area contributed by atoms with Gasteiger partial charge in [-0.05, 0) is 49.8 Å². The summed E-state index contributed by atoms with van der Waals surface area (Å²) >= 11 is 0. The maximum absolute atomic E-state index is 5.76. The van der Waals surface area contributed by atoms with Crippen LogP contribution in [-0.4, -0.2) is 24.1 Å². The monoisotopic (exact) mass is 275 g/mol. The predicted octanol–water partition coefficient (Wildman–Crippen LogP) is 3.38. The Labute approximate surface area is 123 Å². The molecule has 20 heavy (non-hydrogen) atoms. The summed E-state index contributed by atoms with van der Waals surface area (Å²) in [6.07, 6.45) is 9.44. The third-order valence-corrected chi connectivity index (χ3v) is 4.27. The maximum Gasteiger partial charge on any atom is 0.131 e. The SMILES string of the molecule is CC(C)CCN(c1ncccc1CCN)C1CCCC1. The third kappa shape index (κ3) is 3.95. The molecule has 0 unspecified atom stereocenters. The van der Waals surface area contributed by atoms with Gasteiger partial charge in [0.05, 0.1) is 0 Å². The van der Waals surface area contributed by atoms with Crippen LogP contribution in [0.25, 0.3) is 0 Å². The Bertz CT molecular complexity index is 397. The molecule has 0 saturated heterocycles. The van der Waals surface area contributed by atoms with Gasteiger partial charge in [0.2, 0.25) is 0 Å². The van der Waals surface area contributed by atoms with E-state index in [9.17, 15) is 0 Å². The van der Waals surface area contributed by atoms with E-state index in [1.165, 1.54) is 43.5 Å². The molecular formula is C17H29N3. The fourth-order valence-corrected chi connectivity index (χ4v) is 3.11. The van der Waals surface area contributed by atoms with Crippen molar-refractivity contribution in [3.05, 3.63) is 23.9 Å². The number of rotatable bonds is 7. The number of nitrogens with zero attached hydrogens (tertiary/aromatic N) is 2. The van der Waals surface area contributed by atoms with Gasteiger partial charge in [-0.15, -0.1) is 0 Å². The summed E-state index contributed by atoms with van der Waals surface area (Å²) < 4.78 is 0. The van der Waals surface area contributed by atoms with Crippen molar-refractivity contribution in [3.63, 3.8) is 0 Å². The van der Waals surface area contributed by atoms with E-state index in [0.29, 0.717) is 12.6 Å². The Kier molecular flexibility index (Phi) is 5.84. The van der Waals surface area contributed by atoms with Crippen molar-refractivity contribution in [3.8, 4) is 0 Å². The minimum Gasteiger partial charge on any atom is -0.353 e. The fourth-order valence-electron chi connectivity index (χ4n) is 3.11. The molecule has 0 amide bonds. The third-order valence-electron chi connectivity index (χ3n) is 4.27. The molecule has 1 heterocycles. The van der Waals surface area contributed by atoms with Crippen molar-refractivity contribution in [1.29, 1.82) is 0 Å². The Morgan fingerprint density at radius 3 is 2.75 bits per heavy atom. The van der Waals surface area contributed by atoms with Crippen LogP contribution >= 0.6 is 0 Å². The molecule has 1 aromatic rings. The molecule has 0 spiro atoms. The standard InChI is InChI=1S/C17H29N3/c1-14(2)10-13-20(16-7-3-4-8-16)17-15(9-11-18)6-5-12-19-17/h5-6,12,14,16H,3-4,7-11,13,18H2,1-2H3. The first-order chi connectivity index (χ1) is 9.72. The van der Waals surface area contributed by atoms with E-state index in [1.54, 1.807) is 0 Å². The zero-order valence-electron chi connectivity index (χ0n) is 13.0. The molecule has 1 saturated carbocycles. The number of hydrogen-bond donors (Lipinski definition) is 1. The molecule has 3 heteroatoms. The highest BCUT2D eigenvalue weighted by molar-refractivity contribution is 5.48. The van der Waals surface area contributed by atoms with Crippen LogP contribution in [0.15, 0.2) is 18.3 Å². The van der Waals surface area contributed by atoms with Crippen LogP contribution in [0.1, 0.15) is 51.5 Å². The zero-order chi connectivity index (χ0) is 14.4. The minimum absolute atomic E-state index is 0.681. The lowest BCUT2D eigenvalue weighted by Crippen LogP contribution is -2.36. The number of hydrogen-bond acceptors (Lipinski definition) is 3. The van der Waals surface area contributed by atoms with Crippen LogP contribution in [-0.2, 0) is 6.42 Å². The summed E-state index contributed by atoms with van der Waals surface area (Å²) in [7, 11) is 0. The molecule has 0 atom stereocenters. The molecule has 1 fully saturated rings. The van der Waals surface area contributed by atoms with Crippen LogP contribution in [0.2, 0.25) is 0 Å². The predicted molar refractivity (Wildman–Crippen MR) is 86.1 cm³/mol. The van der Waals surface area contributed by atoms with Gasteiger partial charge in [-0.1, -0.05) is 32.8 Å². The normalized spacial score (nSPS) is 16.0. The molecule has 0 radical (unpaired) electrons. The molecule has 0 bridgehead atoms. The minimum atomic E-state index is 0.681. The highest BCUT2D eigenvalue weighted by atomic mass is 15.2. The molecule has 1 aliphatic carbocycles. The van der Waals surface area contributed by atoms with Crippen LogP contribution in [0.5, 0.6) is 0 Å². The van der Waals surface area contributed by atoms with Crippen LogP contribution in [0.4, 0.5) is 5.82 Å². The Morgan fingerprint density at radius 2 is 2.10 bits per heavy atom. The van der Waals surface area contributed by atoms with E-state index in [-0.39, 0.29) is 0 Å². The van der Waals surface area contributed by atoms with Crippen LogP contribution in [0.3, 0.4) is 0 Å². The first-order valence-corrected chi connectivity index (χ1v) is 8.13. The van der Waals surface area contributed by atoms with Crippen molar-refractivity contribution >= 4 is 5.82 Å². The zero-order valence-corrected chi connectivity index (χ0v) is 13.0. The molecule has 112 valence electrons. The first-order valence-electron chi connectivity index (χ1n) is 8.13. The van der Waals surface area contributed by atoms with E-state index in [0.717, 1.165) is 18.9 Å². The summed E-state index contributed by atoms with van der Waals surface area (Å²) in [6.45, 7) is 6.41. The van der Waals surface area contributed by atoms with Crippen molar-refractivity contribution in [2.75, 3.05) is 18.0 Å². The smallest absolute Gasteiger partial charge is 0.131 e. The molecule has 0 aliphatic heterocycles. The van der Waals surface area contributed by atoms with Gasteiger partial charge in [0.15, 0.2) is 0 Å². The summed E-state index contributed by atoms with van der Waals surface area (Å²) in [5.41, 5.74) is 7.07. The summed E-state index contributed by atoms with van der Waals surface area (Å²) in [4.78, 5) is 7.26. The van der Waals surface area contributed by atoms with Gasteiger partial charge in [0.1, 0.15) is 5.82 Å². The number of pyridine rings is 1. The van der Waals surface area contributed by atoms with Gasteiger partial charge in [-0.25, -0.2) is 4.98 Å². The van der Waals surface area contributed by atoms with Crippen LogP contribution in [0, 0.1) is 5.92 Å². The van der Waals surface area contributed by atoms with Gasteiger partial charge in [-0.3, -0.25) is 0 Å². The second-order valence-corrected chi connectivity index (χ2v) is 6.34. The average molecular weight is 275 g/mol. The Hall–Kier alpha value is -1.09. The van der Waals surface area contributed by atoms with Gasteiger partial charge in [0, 0.05) is 18.8 Å². The molecule has 0 aromatic carbocycles. The average Bonchev–Trinajstić information content (AvgIpc) is 2.95. The highest BCUT2D eigenvalue weighted by Gasteiger charge is 2.25. The first kappa shape index (κ1) is 15.3.